The largest absolute Gasteiger partial charge is 0.455 e. The van der Waals surface area contributed by atoms with Crippen molar-refractivity contribution in [3.63, 3.8) is 0 Å². The topological polar surface area (TPSA) is 127 Å². The van der Waals surface area contributed by atoms with Crippen molar-refractivity contribution in [2.75, 3.05) is 0 Å². The minimum absolute atomic E-state index is 0.0115. The van der Waals surface area contributed by atoms with Crippen LogP contribution in [0.5, 0.6) is 0 Å². The third-order valence-corrected chi connectivity index (χ3v) is 5.80. The van der Waals surface area contributed by atoms with Crippen LogP contribution in [0, 0.1) is 29.9 Å². The number of aryl methyl sites for hydroxylation is 1. The average molecular weight is 497 g/mol. The first-order chi connectivity index (χ1) is 16.6. The lowest BCUT2D eigenvalue weighted by atomic mass is 10.0. The van der Waals surface area contributed by atoms with Gasteiger partial charge in [-0.25, -0.2) is 5.43 Å². The fourth-order valence-electron chi connectivity index (χ4n) is 3.38. The lowest BCUT2D eigenvalue weighted by Crippen LogP contribution is -2.48. The van der Waals surface area contributed by atoms with E-state index in [4.69, 9.17) is 16.0 Å². The van der Waals surface area contributed by atoms with Crippen LogP contribution in [-0.2, 0) is 4.79 Å². The van der Waals surface area contributed by atoms with Gasteiger partial charge < -0.3 is 9.73 Å². The molecule has 0 aliphatic heterocycles. The predicted molar refractivity (Wildman–Crippen MR) is 134 cm³/mol. The Morgan fingerprint density at radius 1 is 1.14 bits per heavy atom. The molecule has 182 valence electrons. The predicted octanol–water partition coefficient (Wildman–Crippen LogP) is 5.03. The second-order valence-electron chi connectivity index (χ2n) is 8.31. The minimum atomic E-state index is -0.848. The number of carbonyl (C=O) groups is 2. The van der Waals surface area contributed by atoms with E-state index in [1.54, 1.807) is 70.2 Å². The first-order valence-electron chi connectivity index (χ1n) is 10.8. The van der Waals surface area contributed by atoms with Crippen molar-refractivity contribution >= 4 is 35.3 Å². The van der Waals surface area contributed by atoms with Crippen LogP contribution >= 0.6 is 11.6 Å². The summed E-state index contributed by atoms with van der Waals surface area (Å²) in [5, 5.41) is 18.2. The number of nitro groups is 1. The Balaban J connectivity index is 1.69. The molecule has 2 N–H and O–H groups in total. The maximum Gasteiger partial charge on any atom is 0.273 e. The van der Waals surface area contributed by atoms with Crippen LogP contribution in [0.4, 0.5) is 5.69 Å². The Morgan fingerprint density at radius 2 is 1.86 bits per heavy atom. The summed E-state index contributed by atoms with van der Waals surface area (Å²) in [7, 11) is 0. The van der Waals surface area contributed by atoms with E-state index < -0.39 is 22.8 Å². The fourth-order valence-corrected chi connectivity index (χ4v) is 3.60. The Labute approximate surface area is 207 Å². The number of benzene rings is 2. The zero-order chi connectivity index (χ0) is 25.7. The third kappa shape index (κ3) is 6.13. The van der Waals surface area contributed by atoms with E-state index in [2.05, 4.69) is 15.8 Å². The van der Waals surface area contributed by atoms with Crippen LogP contribution in [0.3, 0.4) is 0 Å². The molecule has 0 aliphatic rings. The van der Waals surface area contributed by atoms with Gasteiger partial charge in [0.15, 0.2) is 0 Å². The molecule has 2 amide bonds. The molecule has 2 aromatic carbocycles. The summed E-state index contributed by atoms with van der Waals surface area (Å²) in [4.78, 5) is 36.1. The SMILES string of the molecule is Cc1cc(-c2ccc(/C=N/NC(=O)C(NC(=O)c3ccccc3Cl)C(C)C)o2)cc([N+](=O)[O-])c1C. The number of hydrazone groups is 1. The number of furan rings is 1. The third-order valence-electron chi connectivity index (χ3n) is 5.47. The van der Waals surface area contributed by atoms with E-state index in [-0.39, 0.29) is 22.2 Å². The molecule has 1 atom stereocenters. The number of hydrogen-bond donors (Lipinski definition) is 2. The number of hydrogen-bond acceptors (Lipinski definition) is 6. The molecule has 10 heteroatoms. The summed E-state index contributed by atoms with van der Waals surface area (Å²) in [6.45, 7) is 7.08. The van der Waals surface area contributed by atoms with E-state index in [0.29, 0.717) is 22.6 Å². The van der Waals surface area contributed by atoms with Gasteiger partial charge in [-0.15, -0.1) is 0 Å². The molecule has 0 radical (unpaired) electrons. The molecule has 3 aromatic rings. The van der Waals surface area contributed by atoms with Gasteiger partial charge in [-0.2, -0.15) is 5.10 Å². The molecule has 0 saturated carbocycles. The van der Waals surface area contributed by atoms with Crippen LogP contribution in [0.1, 0.15) is 41.1 Å². The summed E-state index contributed by atoms with van der Waals surface area (Å²) < 4.78 is 5.72. The first-order valence-corrected chi connectivity index (χ1v) is 11.2. The second-order valence-corrected chi connectivity index (χ2v) is 8.71. The van der Waals surface area contributed by atoms with Crippen molar-refractivity contribution in [1.82, 2.24) is 10.7 Å². The molecule has 9 nitrogen and oxygen atoms in total. The number of nitrogens with one attached hydrogen (secondary N) is 2. The van der Waals surface area contributed by atoms with Gasteiger partial charge >= 0.3 is 0 Å². The van der Waals surface area contributed by atoms with Crippen molar-refractivity contribution < 1.29 is 18.9 Å². The average Bonchev–Trinajstić information content (AvgIpc) is 3.27. The van der Waals surface area contributed by atoms with Crippen LogP contribution < -0.4 is 10.7 Å². The maximum absolute atomic E-state index is 12.7. The molecule has 35 heavy (non-hydrogen) atoms. The number of rotatable bonds is 8. The molecule has 0 fully saturated rings. The number of amides is 2. The van der Waals surface area contributed by atoms with Gasteiger partial charge in [-0.1, -0.05) is 37.6 Å². The highest BCUT2D eigenvalue weighted by Crippen LogP contribution is 2.30. The van der Waals surface area contributed by atoms with Crippen molar-refractivity contribution in [1.29, 1.82) is 0 Å². The quantitative estimate of drug-likeness (QED) is 0.257. The van der Waals surface area contributed by atoms with E-state index >= 15 is 0 Å². The minimum Gasteiger partial charge on any atom is -0.455 e. The maximum atomic E-state index is 12.7. The fraction of sp³-hybridized carbons (Fsp3) is 0.240. The normalized spacial score (nSPS) is 12.1. The summed E-state index contributed by atoms with van der Waals surface area (Å²) in [6.07, 6.45) is 1.31. The van der Waals surface area contributed by atoms with Gasteiger partial charge in [0.05, 0.1) is 21.7 Å². The molecule has 1 heterocycles. The zero-order valence-electron chi connectivity index (χ0n) is 19.7. The van der Waals surface area contributed by atoms with E-state index in [9.17, 15) is 19.7 Å². The molecule has 0 spiro atoms. The molecule has 0 saturated heterocycles. The first kappa shape index (κ1) is 25.6. The number of nitro benzene ring substituents is 1. The van der Waals surface area contributed by atoms with Crippen molar-refractivity contribution in [2.45, 2.75) is 33.7 Å². The van der Waals surface area contributed by atoms with Crippen molar-refractivity contribution in [3.05, 3.63) is 86.1 Å². The summed E-state index contributed by atoms with van der Waals surface area (Å²) >= 11 is 6.07. The molecular weight excluding hydrogens is 472 g/mol. The van der Waals surface area contributed by atoms with Gasteiger partial charge in [0.1, 0.15) is 17.6 Å². The lowest BCUT2D eigenvalue weighted by molar-refractivity contribution is -0.385. The van der Waals surface area contributed by atoms with Crippen LogP contribution in [0.25, 0.3) is 11.3 Å². The molecule has 1 aromatic heterocycles. The molecule has 1 unspecified atom stereocenters. The number of carbonyl (C=O) groups excluding carboxylic acids is 2. The highest BCUT2D eigenvalue weighted by molar-refractivity contribution is 6.33. The zero-order valence-corrected chi connectivity index (χ0v) is 20.4. The van der Waals surface area contributed by atoms with E-state index in [1.807, 2.05) is 0 Å². The lowest BCUT2D eigenvalue weighted by Gasteiger charge is -2.20. The monoisotopic (exact) mass is 496 g/mol. The van der Waals surface area contributed by atoms with Crippen LogP contribution in [-0.4, -0.2) is 29.0 Å². The Hall–Kier alpha value is -3.98. The molecular formula is C25H25ClN4O5. The standard InChI is InChI=1S/C25H25ClN4O5/c1-14(2)23(28-24(31)19-7-5-6-8-20(19)26)25(32)29-27-13-18-9-10-22(35-18)17-11-15(3)16(4)21(12-17)30(33)34/h5-14,23H,1-4H3,(H,28,31)(H,29,32)/b27-13+. The smallest absolute Gasteiger partial charge is 0.273 e. The van der Waals surface area contributed by atoms with Gasteiger partial charge in [0.2, 0.25) is 0 Å². The summed E-state index contributed by atoms with van der Waals surface area (Å²) in [5.74, 6) is -0.425. The van der Waals surface area contributed by atoms with Crippen LogP contribution in [0.2, 0.25) is 5.02 Å². The summed E-state index contributed by atoms with van der Waals surface area (Å²) in [5.41, 5.74) is 4.61. The van der Waals surface area contributed by atoms with Crippen molar-refractivity contribution in [3.8, 4) is 11.3 Å². The van der Waals surface area contributed by atoms with E-state index in [1.165, 1.54) is 12.3 Å². The molecule has 3 rings (SSSR count). The highest BCUT2D eigenvalue weighted by Gasteiger charge is 2.25. The highest BCUT2D eigenvalue weighted by atomic mass is 35.5. The van der Waals surface area contributed by atoms with Gasteiger partial charge in [-0.05, 0) is 55.7 Å². The molecule has 0 aliphatic carbocycles. The van der Waals surface area contributed by atoms with E-state index in [0.717, 1.165) is 5.56 Å². The number of halogens is 1. The van der Waals surface area contributed by atoms with Gasteiger partial charge in [0.25, 0.3) is 17.5 Å². The Kier molecular flexibility index (Phi) is 8.03. The Bertz CT molecular complexity index is 1300. The summed E-state index contributed by atoms with van der Waals surface area (Å²) in [6, 6.07) is 12.3. The second kappa shape index (κ2) is 11.0. The van der Waals surface area contributed by atoms with Gasteiger partial charge in [0, 0.05) is 17.2 Å². The molecule has 0 bridgehead atoms. The Morgan fingerprint density at radius 3 is 2.51 bits per heavy atom. The van der Waals surface area contributed by atoms with Crippen molar-refractivity contribution in [2.24, 2.45) is 11.0 Å². The van der Waals surface area contributed by atoms with Gasteiger partial charge in [-0.3, -0.25) is 19.7 Å². The number of nitrogens with zero attached hydrogens (tertiary/aromatic N) is 2. The van der Waals surface area contributed by atoms with Crippen LogP contribution in [0.15, 0.2) is 58.0 Å².